The monoisotopic (exact) mass is 1590 g/mol. The standard InChI is InChI=1S/C37H44FN5O5.C18H39N.C9H12.C6H11O.C5H12.C3H6O.C2H7N.C2H6.U/c1-5-27-30(38)9-8-24-16-26(45)17-28(31(24)27)32-22(2)33-29(18-39-32)34(42-14-6-11-36(4,46)20-42)41-35(40-33)48-21-37-12-7-15-43(37)25(10-13-37)19-47-23(3)44;1-7-9-18(11-10-16(3)4)15-19(13-8-2)14-12-17(5)6;1-7-4-5-8(2)9(3)6-7;1-3-4-6(2)5-7;1-4-5(2)3;1-2-3-4;1-3-2;1-2;/h8-9,16-18,25,45-46H,5-7,10-15,19-21H2,1-4H3;16-18H,7-15H2,1-6H3;4-6H,1-3H3;5-6H,1,3-4H2,2H3;5H,4H2,1-3H3;3H,2H2,1H3;3H,1-2H3;1-2H3;/q;;;-1;;;;;/t25?,36-,37+;;;;;;;;/m1......../s1. The Balaban J connectivity index is 0.00000153. The molecule has 98 heavy (non-hydrogen) atoms. The van der Waals surface area contributed by atoms with Crippen molar-refractivity contribution in [1.29, 1.82) is 0 Å². The van der Waals surface area contributed by atoms with Crippen LogP contribution in [0.2, 0.25) is 0 Å². The molecule has 3 fully saturated rings. The number of aryl methyl sites for hydroxylation is 5. The Bertz CT molecular complexity index is 3000. The number of pyridine rings is 1. The molecule has 0 bridgehead atoms. The van der Waals surface area contributed by atoms with Crippen LogP contribution in [-0.4, -0.2) is 137 Å². The number of aldehydes is 2. The van der Waals surface area contributed by atoms with E-state index in [1.807, 2.05) is 62.6 Å². The van der Waals surface area contributed by atoms with E-state index >= 15 is 4.39 Å². The predicted molar refractivity (Wildman–Crippen MR) is 409 cm³/mol. The minimum atomic E-state index is -0.871. The van der Waals surface area contributed by atoms with E-state index in [2.05, 4.69) is 128 Å². The van der Waals surface area contributed by atoms with E-state index in [1.165, 1.54) is 94.3 Å². The number of piperidine rings is 1. The van der Waals surface area contributed by atoms with Crippen molar-refractivity contribution in [1.82, 2.24) is 30.1 Å². The fourth-order valence-corrected chi connectivity index (χ4v) is 12.4. The maximum atomic E-state index is 15.1. The third-order valence-corrected chi connectivity index (χ3v) is 18.1. The van der Waals surface area contributed by atoms with Crippen LogP contribution < -0.4 is 15.0 Å². The summed E-state index contributed by atoms with van der Waals surface area (Å²) in [4.78, 5) is 52.6. The third-order valence-electron chi connectivity index (χ3n) is 18.1. The van der Waals surface area contributed by atoms with Gasteiger partial charge in [-0.15, -0.1) is 0 Å². The van der Waals surface area contributed by atoms with Crippen LogP contribution in [0.15, 0.2) is 48.7 Å². The Morgan fingerprint density at radius 2 is 1.48 bits per heavy atom. The largest absolute Gasteiger partial charge is 0.508 e. The number of ether oxygens (including phenoxy) is 2. The SMILES string of the molecule is CC.CCC(C)C.CCC=O.CCCC(CCC(C)C)CN(CCC)CCC(C)C.CCc1c(F)ccc2cc(O)cc(-c3ncc4c(N5CCC[C@@](C)(O)C5)nc(OC[C@@]56CCCN5C(COC(C)=O)CC6)nc4c3C)c12.CNC.Cc1ccc(C)c(C)c1.[CH2-]CCC(C)C=O.[U]. The van der Waals surface area contributed by atoms with Gasteiger partial charge in [0.25, 0.3) is 0 Å². The zero-order valence-corrected chi connectivity index (χ0v) is 69.8. The summed E-state index contributed by atoms with van der Waals surface area (Å²) in [5.41, 5.74) is 6.25. The van der Waals surface area contributed by atoms with Crippen LogP contribution >= 0.6 is 0 Å². The molecular weight excluding hydrogens is 1450 g/mol. The van der Waals surface area contributed by atoms with Crippen molar-refractivity contribution < 1.29 is 69.6 Å². The summed E-state index contributed by atoms with van der Waals surface area (Å²) in [6, 6.07) is 13.3. The van der Waals surface area contributed by atoms with E-state index in [9.17, 15) is 24.6 Å². The Morgan fingerprint density at radius 3 is 2.00 bits per heavy atom. The van der Waals surface area contributed by atoms with Crippen molar-refractivity contribution >= 4 is 46.0 Å². The molecule has 0 amide bonds. The molecule has 3 aromatic carbocycles. The first-order valence-electron chi connectivity index (χ1n) is 37.2. The molecule has 3 unspecified atom stereocenters. The number of aromatic hydroxyl groups is 1. The van der Waals surface area contributed by atoms with Crippen LogP contribution in [0.25, 0.3) is 32.9 Å². The van der Waals surface area contributed by atoms with E-state index in [-0.39, 0.29) is 72.2 Å². The predicted octanol–water partition coefficient (Wildman–Crippen LogP) is 19.0. The number of hydrogen-bond acceptors (Lipinski definition) is 14. The molecular formula is C82H137FN7O7U-. The first-order chi connectivity index (χ1) is 46.1. The van der Waals surface area contributed by atoms with Crippen molar-refractivity contribution in [3.63, 3.8) is 0 Å². The molecule has 14 nitrogen and oxygen atoms in total. The van der Waals surface area contributed by atoms with Gasteiger partial charge in [-0.2, -0.15) is 16.4 Å². The Hall–Kier alpha value is -4.56. The van der Waals surface area contributed by atoms with Crippen molar-refractivity contribution in [2.24, 2.45) is 29.6 Å². The molecule has 16 heteroatoms. The minimum absolute atomic E-state index is 0. The average Bonchev–Trinajstić information content (AvgIpc) is 0.866. The van der Waals surface area contributed by atoms with Crippen LogP contribution in [0, 0.1) is 101 Å². The van der Waals surface area contributed by atoms with Gasteiger partial charge < -0.3 is 51.3 Å². The molecule has 2 aromatic heterocycles. The zero-order chi connectivity index (χ0) is 73.4. The maximum absolute atomic E-state index is 15.1. The van der Waals surface area contributed by atoms with E-state index in [0.717, 1.165) is 104 Å². The Labute approximate surface area is 619 Å². The number of benzene rings is 3. The molecule has 554 valence electrons. The fraction of sp³-hybridized carbons (Fsp3) is 0.671. The summed E-state index contributed by atoms with van der Waals surface area (Å²) in [7, 11) is 3.75. The average molecular weight is 1590 g/mol. The minimum Gasteiger partial charge on any atom is -0.508 e. The maximum Gasteiger partial charge on any atom is 0.319 e. The summed E-state index contributed by atoms with van der Waals surface area (Å²) < 4.78 is 27.0. The number of carbonyl (C=O) groups is 3. The van der Waals surface area contributed by atoms with Gasteiger partial charge in [-0.3, -0.25) is 14.7 Å². The summed E-state index contributed by atoms with van der Waals surface area (Å²) >= 11 is 0. The quantitative estimate of drug-likeness (QED) is 0.0286. The number of aromatic nitrogens is 3. The van der Waals surface area contributed by atoms with Crippen molar-refractivity contribution in [3.8, 4) is 23.0 Å². The smallest absolute Gasteiger partial charge is 0.319 e. The van der Waals surface area contributed by atoms with Gasteiger partial charge in [0.15, 0.2) is 0 Å². The first-order valence-corrected chi connectivity index (χ1v) is 37.2. The summed E-state index contributed by atoms with van der Waals surface area (Å²) in [5.74, 6) is 3.86. The molecule has 5 aromatic rings. The van der Waals surface area contributed by atoms with Crippen LogP contribution in [0.4, 0.5) is 10.2 Å². The molecule has 5 heterocycles. The number of hydrogen-bond donors (Lipinski definition) is 3. The molecule has 8 rings (SSSR count). The van der Waals surface area contributed by atoms with E-state index < -0.39 is 5.60 Å². The third kappa shape index (κ3) is 33.0. The van der Waals surface area contributed by atoms with E-state index in [1.54, 1.807) is 24.4 Å². The van der Waals surface area contributed by atoms with E-state index in [4.69, 9.17) is 24.4 Å². The number of nitrogens with zero attached hydrogens (tertiary/aromatic N) is 6. The van der Waals surface area contributed by atoms with Crippen molar-refractivity contribution in [2.45, 2.75) is 265 Å². The van der Waals surface area contributed by atoms with Gasteiger partial charge in [-0.25, -0.2) is 4.39 Å². The molecule has 3 aliphatic rings. The summed E-state index contributed by atoms with van der Waals surface area (Å²) in [6.07, 6.45) is 21.4. The van der Waals surface area contributed by atoms with Gasteiger partial charge in [0.05, 0.1) is 27.7 Å². The topological polar surface area (TPSA) is 171 Å². The molecule has 0 aliphatic carbocycles. The number of esters is 1. The fourth-order valence-electron chi connectivity index (χ4n) is 12.4. The number of carbonyl (C=O) groups excluding carboxylic acids is 3. The second kappa shape index (κ2) is 50.7. The van der Waals surface area contributed by atoms with Gasteiger partial charge in [0.2, 0.25) is 0 Å². The number of fused-ring (bicyclic) bond motifs is 3. The number of β-amino-alcohol motifs (C(OH)–C–C–N with tert-alkyl or cyclic N) is 1. The van der Waals surface area contributed by atoms with Crippen LogP contribution in [0.5, 0.6) is 11.8 Å². The van der Waals surface area contributed by atoms with Crippen molar-refractivity contribution in [3.05, 3.63) is 89.2 Å². The Kier molecular flexibility index (Phi) is 48.4. The number of anilines is 1. The van der Waals surface area contributed by atoms with Crippen molar-refractivity contribution in [2.75, 3.05) is 71.5 Å². The summed E-state index contributed by atoms with van der Waals surface area (Å²) in [5, 5.41) is 26.7. The van der Waals surface area contributed by atoms with Crippen LogP contribution in [0.1, 0.15) is 241 Å². The molecule has 3 saturated heterocycles. The molecule has 3 aliphatic heterocycles. The van der Waals surface area contributed by atoms with E-state index in [0.29, 0.717) is 79.1 Å². The molecule has 5 atom stereocenters. The van der Waals surface area contributed by atoms with Crippen LogP contribution in [0.3, 0.4) is 0 Å². The number of phenolic OH excluding ortho intramolecular Hbond substituents is 1. The number of nitrogens with one attached hydrogen (secondary N) is 1. The second-order valence-electron chi connectivity index (χ2n) is 28.5. The van der Waals surface area contributed by atoms with Gasteiger partial charge in [-0.05, 0) is 208 Å². The number of rotatable bonds is 25. The number of halogens is 1. The zero-order valence-electron chi connectivity index (χ0n) is 65.6. The second-order valence-corrected chi connectivity index (χ2v) is 28.5. The molecule has 3 N–H and O–H groups in total. The van der Waals surface area contributed by atoms with Gasteiger partial charge in [0, 0.05) is 93.4 Å². The number of phenols is 1. The van der Waals surface area contributed by atoms with Gasteiger partial charge in [0.1, 0.15) is 43.2 Å². The molecule has 0 spiro atoms. The normalized spacial score (nSPS) is 17.4. The molecule has 0 radical (unpaired) electrons. The Morgan fingerprint density at radius 1 is 0.837 bits per heavy atom. The van der Waals surface area contributed by atoms with Crippen LogP contribution in [-0.2, 0) is 25.5 Å². The number of aliphatic hydroxyl groups is 1. The van der Waals surface area contributed by atoms with Gasteiger partial charge in [-0.1, -0.05) is 152 Å². The summed E-state index contributed by atoms with van der Waals surface area (Å²) in [6.45, 7) is 52.3. The van der Waals surface area contributed by atoms with Gasteiger partial charge >= 0.3 is 12.0 Å². The first kappa shape index (κ1) is 93.4. The molecule has 0 saturated carbocycles.